The molecule has 1 N–H and O–H groups in total. The monoisotopic (exact) mass is 250 g/mol. The fourth-order valence-corrected chi connectivity index (χ4v) is 1.79. The van der Waals surface area contributed by atoms with Gasteiger partial charge in [-0.25, -0.2) is 0 Å². The standard InChI is InChI=1S/C12H14N2O2S/c1-16-11-5-3-10(4-6-11)14-12(15)9-17-8-2-7-13/h3-6H,2,8-9H2,1H3,(H,14,15). The SMILES string of the molecule is COc1ccc(NC(=O)CSCCC#N)cc1. The lowest BCUT2D eigenvalue weighted by molar-refractivity contribution is -0.113. The highest BCUT2D eigenvalue weighted by molar-refractivity contribution is 7.99. The van der Waals surface area contributed by atoms with E-state index < -0.39 is 0 Å². The molecule has 17 heavy (non-hydrogen) atoms. The Morgan fingerprint density at radius 2 is 2.18 bits per heavy atom. The molecule has 0 heterocycles. The summed E-state index contributed by atoms with van der Waals surface area (Å²) >= 11 is 1.45. The van der Waals surface area contributed by atoms with E-state index in [-0.39, 0.29) is 5.91 Å². The Kier molecular flexibility index (Phi) is 5.97. The first-order valence-corrected chi connectivity index (χ1v) is 6.30. The summed E-state index contributed by atoms with van der Waals surface area (Å²) in [7, 11) is 1.60. The van der Waals surface area contributed by atoms with Crippen LogP contribution in [0.5, 0.6) is 5.75 Å². The summed E-state index contributed by atoms with van der Waals surface area (Å²) < 4.78 is 5.02. The molecule has 0 bridgehead atoms. The maximum atomic E-state index is 11.5. The minimum atomic E-state index is -0.0573. The summed E-state index contributed by atoms with van der Waals surface area (Å²) in [6.07, 6.45) is 0.473. The fraction of sp³-hybridized carbons (Fsp3) is 0.333. The number of carbonyl (C=O) groups excluding carboxylic acids is 1. The second kappa shape index (κ2) is 7.58. The maximum Gasteiger partial charge on any atom is 0.234 e. The molecule has 1 aromatic carbocycles. The molecule has 0 atom stereocenters. The number of nitrogens with one attached hydrogen (secondary N) is 1. The lowest BCUT2D eigenvalue weighted by Gasteiger charge is -2.05. The molecule has 0 radical (unpaired) electrons. The number of ether oxygens (including phenoxy) is 1. The van der Waals surface area contributed by atoms with Gasteiger partial charge in [0, 0.05) is 17.9 Å². The zero-order chi connectivity index (χ0) is 12.5. The van der Waals surface area contributed by atoms with Crippen molar-refractivity contribution in [3.05, 3.63) is 24.3 Å². The van der Waals surface area contributed by atoms with Gasteiger partial charge in [0.2, 0.25) is 5.91 Å². The van der Waals surface area contributed by atoms with Crippen molar-refractivity contribution in [1.82, 2.24) is 0 Å². The molecule has 1 aromatic rings. The van der Waals surface area contributed by atoms with Crippen molar-refractivity contribution in [1.29, 1.82) is 5.26 Å². The number of amides is 1. The average Bonchev–Trinajstić information content (AvgIpc) is 2.36. The van der Waals surface area contributed by atoms with Crippen LogP contribution < -0.4 is 10.1 Å². The largest absolute Gasteiger partial charge is 0.497 e. The topological polar surface area (TPSA) is 62.1 Å². The summed E-state index contributed by atoms with van der Waals surface area (Å²) in [6.45, 7) is 0. The fourth-order valence-electron chi connectivity index (χ4n) is 1.15. The highest BCUT2D eigenvalue weighted by Gasteiger charge is 2.02. The quantitative estimate of drug-likeness (QED) is 0.787. The van der Waals surface area contributed by atoms with Gasteiger partial charge in [-0.3, -0.25) is 4.79 Å². The number of hydrogen-bond acceptors (Lipinski definition) is 4. The van der Waals surface area contributed by atoms with Gasteiger partial charge < -0.3 is 10.1 Å². The van der Waals surface area contributed by atoms with E-state index in [0.717, 1.165) is 11.4 Å². The summed E-state index contributed by atoms with van der Waals surface area (Å²) in [4.78, 5) is 11.5. The lowest BCUT2D eigenvalue weighted by Crippen LogP contribution is -2.14. The number of carbonyl (C=O) groups is 1. The Hall–Kier alpha value is -1.67. The first-order valence-electron chi connectivity index (χ1n) is 5.15. The van der Waals surface area contributed by atoms with Crippen LogP contribution in [0.1, 0.15) is 6.42 Å². The molecular weight excluding hydrogens is 236 g/mol. The van der Waals surface area contributed by atoms with Gasteiger partial charge in [0.15, 0.2) is 0 Å². The van der Waals surface area contributed by atoms with E-state index >= 15 is 0 Å². The Bertz CT molecular complexity index is 398. The number of anilines is 1. The van der Waals surface area contributed by atoms with Crippen molar-refractivity contribution in [2.75, 3.05) is 23.9 Å². The zero-order valence-electron chi connectivity index (χ0n) is 9.60. The maximum absolute atomic E-state index is 11.5. The van der Waals surface area contributed by atoms with Gasteiger partial charge in [-0.1, -0.05) is 0 Å². The summed E-state index contributed by atoms with van der Waals surface area (Å²) in [5, 5.41) is 11.1. The van der Waals surface area contributed by atoms with Crippen LogP contribution in [-0.2, 0) is 4.79 Å². The molecule has 90 valence electrons. The van der Waals surface area contributed by atoms with Crippen molar-refractivity contribution in [2.24, 2.45) is 0 Å². The van der Waals surface area contributed by atoms with Crippen LogP contribution in [0.4, 0.5) is 5.69 Å². The highest BCUT2D eigenvalue weighted by atomic mass is 32.2. The van der Waals surface area contributed by atoms with Crippen molar-refractivity contribution in [2.45, 2.75) is 6.42 Å². The molecule has 1 rings (SSSR count). The van der Waals surface area contributed by atoms with E-state index in [1.807, 2.05) is 6.07 Å². The molecule has 1 amide bonds. The minimum absolute atomic E-state index is 0.0573. The molecule has 0 aromatic heterocycles. The summed E-state index contributed by atoms with van der Waals surface area (Å²) in [6, 6.07) is 9.19. The molecule has 0 aliphatic carbocycles. The van der Waals surface area contributed by atoms with E-state index in [1.165, 1.54) is 11.8 Å². The zero-order valence-corrected chi connectivity index (χ0v) is 10.4. The summed E-state index contributed by atoms with van der Waals surface area (Å²) in [5.74, 6) is 1.75. The molecule has 0 fully saturated rings. The normalized spacial score (nSPS) is 9.41. The third-order valence-electron chi connectivity index (χ3n) is 1.97. The van der Waals surface area contributed by atoms with Gasteiger partial charge in [-0.2, -0.15) is 17.0 Å². The first-order chi connectivity index (χ1) is 8.26. The number of thioether (sulfide) groups is 1. The van der Waals surface area contributed by atoms with E-state index in [1.54, 1.807) is 31.4 Å². The smallest absolute Gasteiger partial charge is 0.234 e. The second-order valence-electron chi connectivity index (χ2n) is 3.24. The molecule has 0 saturated carbocycles. The predicted molar refractivity (Wildman–Crippen MR) is 69.2 cm³/mol. The van der Waals surface area contributed by atoms with E-state index in [9.17, 15) is 4.79 Å². The molecule has 0 unspecified atom stereocenters. The molecule has 0 spiro atoms. The Morgan fingerprint density at radius 3 is 2.76 bits per heavy atom. The number of nitriles is 1. The molecule has 0 aliphatic heterocycles. The Labute approximate surface area is 105 Å². The second-order valence-corrected chi connectivity index (χ2v) is 4.34. The van der Waals surface area contributed by atoms with Gasteiger partial charge >= 0.3 is 0 Å². The van der Waals surface area contributed by atoms with Crippen LogP contribution >= 0.6 is 11.8 Å². The van der Waals surface area contributed by atoms with E-state index in [0.29, 0.717) is 17.9 Å². The van der Waals surface area contributed by atoms with Crippen molar-refractivity contribution in [3.8, 4) is 11.8 Å². The van der Waals surface area contributed by atoms with E-state index in [4.69, 9.17) is 10.00 Å². The van der Waals surface area contributed by atoms with Gasteiger partial charge in [-0.05, 0) is 24.3 Å². The van der Waals surface area contributed by atoms with Gasteiger partial charge in [0.25, 0.3) is 0 Å². The third kappa shape index (κ3) is 5.27. The van der Waals surface area contributed by atoms with Gasteiger partial charge in [0.1, 0.15) is 5.75 Å². The number of nitrogens with zero attached hydrogens (tertiary/aromatic N) is 1. The number of rotatable bonds is 6. The van der Waals surface area contributed by atoms with Crippen molar-refractivity contribution in [3.63, 3.8) is 0 Å². The minimum Gasteiger partial charge on any atom is -0.497 e. The van der Waals surface area contributed by atoms with Crippen LogP contribution in [0.2, 0.25) is 0 Å². The highest BCUT2D eigenvalue weighted by Crippen LogP contribution is 2.15. The molecule has 0 aliphatic rings. The predicted octanol–water partition coefficient (Wildman–Crippen LogP) is 2.28. The van der Waals surface area contributed by atoms with Gasteiger partial charge in [0.05, 0.1) is 18.9 Å². The number of benzene rings is 1. The number of methoxy groups -OCH3 is 1. The van der Waals surface area contributed by atoms with Crippen LogP contribution in [0.3, 0.4) is 0 Å². The molecule has 0 saturated heterocycles. The Morgan fingerprint density at radius 1 is 1.47 bits per heavy atom. The van der Waals surface area contributed by atoms with Crippen molar-refractivity contribution < 1.29 is 9.53 Å². The first kappa shape index (κ1) is 13.4. The third-order valence-corrected chi connectivity index (χ3v) is 2.92. The average molecular weight is 250 g/mol. The van der Waals surface area contributed by atoms with Crippen LogP contribution in [0.15, 0.2) is 24.3 Å². The summed E-state index contributed by atoms with van der Waals surface area (Å²) in [5.41, 5.74) is 0.747. The van der Waals surface area contributed by atoms with Crippen molar-refractivity contribution >= 4 is 23.4 Å². The molecular formula is C12H14N2O2S. The van der Waals surface area contributed by atoms with Crippen LogP contribution in [0, 0.1) is 11.3 Å². The lowest BCUT2D eigenvalue weighted by atomic mass is 10.3. The Balaban J connectivity index is 2.32. The van der Waals surface area contributed by atoms with Crippen LogP contribution in [0.25, 0.3) is 0 Å². The van der Waals surface area contributed by atoms with Crippen LogP contribution in [-0.4, -0.2) is 24.5 Å². The van der Waals surface area contributed by atoms with Gasteiger partial charge in [-0.15, -0.1) is 0 Å². The molecule has 5 heteroatoms. The molecule has 4 nitrogen and oxygen atoms in total. The van der Waals surface area contributed by atoms with E-state index in [2.05, 4.69) is 5.32 Å². The number of hydrogen-bond donors (Lipinski definition) is 1.